The van der Waals surface area contributed by atoms with Crippen molar-refractivity contribution in [2.75, 3.05) is 26.2 Å². The number of hydrogen-bond acceptors (Lipinski definition) is 5. The predicted octanol–water partition coefficient (Wildman–Crippen LogP) is 4.89. The van der Waals surface area contributed by atoms with Crippen LogP contribution in [-0.2, 0) is 0 Å². The monoisotopic (exact) mass is 458 g/mol. The summed E-state index contributed by atoms with van der Waals surface area (Å²) in [5.41, 5.74) is 3.70. The van der Waals surface area contributed by atoms with Crippen molar-refractivity contribution in [2.24, 2.45) is 0 Å². The maximum absolute atomic E-state index is 13.3. The van der Waals surface area contributed by atoms with Crippen LogP contribution in [0.15, 0.2) is 84.9 Å². The van der Waals surface area contributed by atoms with Gasteiger partial charge in [-0.3, -0.25) is 9.69 Å². The molecule has 5 nitrogen and oxygen atoms in total. The Morgan fingerprint density at radius 2 is 1.39 bits per heavy atom. The molecule has 0 atom stereocenters. The van der Waals surface area contributed by atoms with E-state index in [2.05, 4.69) is 63.0 Å². The van der Waals surface area contributed by atoms with Gasteiger partial charge in [0, 0.05) is 31.7 Å². The van der Waals surface area contributed by atoms with Crippen LogP contribution in [0.25, 0.3) is 11.3 Å². The minimum absolute atomic E-state index is 0.0695. The van der Waals surface area contributed by atoms with Crippen LogP contribution >= 0.6 is 11.5 Å². The van der Waals surface area contributed by atoms with E-state index in [1.54, 1.807) is 12.1 Å². The molecule has 1 fully saturated rings. The van der Waals surface area contributed by atoms with Gasteiger partial charge in [-0.05, 0) is 46.9 Å². The van der Waals surface area contributed by atoms with Crippen molar-refractivity contribution < 1.29 is 9.18 Å². The molecule has 33 heavy (non-hydrogen) atoms. The first kappa shape index (κ1) is 21.4. The van der Waals surface area contributed by atoms with Gasteiger partial charge >= 0.3 is 0 Å². The number of carbonyl (C=O) groups excluding carboxylic acids is 1. The van der Waals surface area contributed by atoms with Gasteiger partial charge in [-0.2, -0.15) is 0 Å². The SMILES string of the molecule is O=C(c1snnc1-c1ccc(F)cc1)N1CCN(C(c2ccccc2)c2ccccc2)CC1. The van der Waals surface area contributed by atoms with E-state index in [4.69, 9.17) is 0 Å². The van der Waals surface area contributed by atoms with E-state index < -0.39 is 0 Å². The first-order chi connectivity index (χ1) is 16.2. The first-order valence-corrected chi connectivity index (χ1v) is 11.7. The fourth-order valence-electron chi connectivity index (χ4n) is 4.34. The Balaban J connectivity index is 1.33. The number of nitrogens with zero attached hydrogens (tertiary/aromatic N) is 4. The molecule has 0 aliphatic carbocycles. The highest BCUT2D eigenvalue weighted by atomic mass is 32.1. The number of carbonyl (C=O) groups is 1. The molecule has 1 saturated heterocycles. The maximum atomic E-state index is 13.3. The molecule has 1 aromatic heterocycles. The van der Waals surface area contributed by atoms with Crippen LogP contribution in [0.4, 0.5) is 4.39 Å². The average molecular weight is 459 g/mol. The van der Waals surface area contributed by atoms with E-state index in [0.717, 1.165) is 24.6 Å². The molecule has 0 spiro atoms. The Morgan fingerprint density at radius 3 is 1.97 bits per heavy atom. The molecule has 0 radical (unpaired) electrons. The van der Waals surface area contributed by atoms with Crippen molar-refractivity contribution in [1.29, 1.82) is 0 Å². The third kappa shape index (κ3) is 4.55. The van der Waals surface area contributed by atoms with E-state index in [1.165, 1.54) is 23.3 Å². The number of amides is 1. The smallest absolute Gasteiger partial charge is 0.267 e. The zero-order valence-corrected chi connectivity index (χ0v) is 18.8. The van der Waals surface area contributed by atoms with Crippen LogP contribution in [0.3, 0.4) is 0 Å². The average Bonchev–Trinajstić information content (AvgIpc) is 3.36. The number of hydrogen-bond donors (Lipinski definition) is 0. The van der Waals surface area contributed by atoms with Gasteiger partial charge in [-0.1, -0.05) is 65.2 Å². The van der Waals surface area contributed by atoms with Gasteiger partial charge in [-0.25, -0.2) is 4.39 Å². The molecule has 1 aliphatic rings. The molecule has 4 aromatic rings. The molecule has 5 rings (SSSR count). The molecule has 0 N–H and O–H groups in total. The van der Waals surface area contributed by atoms with Crippen LogP contribution in [0.1, 0.15) is 26.8 Å². The second-order valence-corrected chi connectivity index (χ2v) is 8.76. The highest BCUT2D eigenvalue weighted by molar-refractivity contribution is 7.08. The molecule has 0 unspecified atom stereocenters. The highest BCUT2D eigenvalue weighted by Gasteiger charge is 2.30. The lowest BCUT2D eigenvalue weighted by molar-refractivity contribution is 0.0602. The number of halogens is 1. The van der Waals surface area contributed by atoms with Crippen LogP contribution in [0, 0.1) is 5.82 Å². The van der Waals surface area contributed by atoms with Crippen LogP contribution < -0.4 is 0 Å². The summed E-state index contributed by atoms with van der Waals surface area (Å²) in [6.45, 7) is 2.77. The number of benzene rings is 3. The molecular weight excluding hydrogens is 435 g/mol. The highest BCUT2D eigenvalue weighted by Crippen LogP contribution is 2.31. The van der Waals surface area contributed by atoms with E-state index in [0.29, 0.717) is 29.2 Å². The van der Waals surface area contributed by atoms with Gasteiger partial charge in [0.2, 0.25) is 0 Å². The van der Waals surface area contributed by atoms with E-state index in [9.17, 15) is 9.18 Å². The summed E-state index contributed by atoms with van der Waals surface area (Å²) in [6, 6.07) is 27.1. The molecule has 1 aliphatic heterocycles. The topological polar surface area (TPSA) is 49.3 Å². The maximum Gasteiger partial charge on any atom is 0.267 e. The Morgan fingerprint density at radius 1 is 0.818 bits per heavy atom. The summed E-state index contributed by atoms with van der Waals surface area (Å²) in [5, 5.41) is 4.14. The third-order valence-electron chi connectivity index (χ3n) is 6.00. The van der Waals surface area contributed by atoms with Crippen molar-refractivity contribution in [3.63, 3.8) is 0 Å². The summed E-state index contributed by atoms with van der Waals surface area (Å²) in [6.07, 6.45) is 0. The minimum Gasteiger partial charge on any atom is -0.335 e. The van der Waals surface area contributed by atoms with E-state index in [-0.39, 0.29) is 17.8 Å². The molecule has 2 heterocycles. The second-order valence-electron chi connectivity index (χ2n) is 8.01. The largest absolute Gasteiger partial charge is 0.335 e. The molecular formula is C26H23FN4OS. The lowest BCUT2D eigenvalue weighted by atomic mass is 9.96. The summed E-state index contributed by atoms with van der Waals surface area (Å²) in [5.74, 6) is -0.391. The molecule has 7 heteroatoms. The lowest BCUT2D eigenvalue weighted by Crippen LogP contribution is -2.49. The third-order valence-corrected chi connectivity index (χ3v) is 6.71. The van der Waals surface area contributed by atoms with Crippen molar-refractivity contribution in [1.82, 2.24) is 19.4 Å². The molecule has 0 bridgehead atoms. The van der Waals surface area contributed by atoms with Crippen LogP contribution in [-0.4, -0.2) is 51.5 Å². The van der Waals surface area contributed by atoms with Crippen molar-refractivity contribution in [3.8, 4) is 11.3 Å². The molecule has 3 aromatic carbocycles. The Labute approximate surface area is 196 Å². The number of rotatable bonds is 5. The summed E-state index contributed by atoms with van der Waals surface area (Å²) in [7, 11) is 0. The molecule has 1 amide bonds. The van der Waals surface area contributed by atoms with Crippen molar-refractivity contribution in [3.05, 3.63) is 107 Å². The number of aromatic nitrogens is 2. The van der Waals surface area contributed by atoms with Gasteiger partial charge < -0.3 is 4.90 Å². The van der Waals surface area contributed by atoms with Crippen LogP contribution in [0.5, 0.6) is 0 Å². The number of piperazine rings is 1. The Kier molecular flexibility index (Phi) is 6.24. The lowest BCUT2D eigenvalue weighted by Gasteiger charge is -2.39. The predicted molar refractivity (Wildman–Crippen MR) is 128 cm³/mol. The Bertz CT molecular complexity index is 1170. The zero-order valence-electron chi connectivity index (χ0n) is 18.0. The normalized spacial score (nSPS) is 14.5. The fraction of sp³-hybridized carbons (Fsp3) is 0.192. The minimum atomic E-state index is -0.322. The van der Waals surface area contributed by atoms with E-state index in [1.807, 2.05) is 17.0 Å². The summed E-state index contributed by atoms with van der Waals surface area (Å²) in [4.78, 5) is 18.1. The summed E-state index contributed by atoms with van der Waals surface area (Å²) >= 11 is 1.09. The first-order valence-electron chi connectivity index (χ1n) is 10.9. The van der Waals surface area contributed by atoms with Gasteiger partial charge in [-0.15, -0.1) is 5.10 Å². The van der Waals surface area contributed by atoms with Gasteiger partial charge in [0.25, 0.3) is 5.91 Å². The van der Waals surface area contributed by atoms with Gasteiger partial charge in [0.15, 0.2) is 0 Å². The fourth-order valence-corrected chi connectivity index (χ4v) is 5.00. The molecule has 166 valence electrons. The standard InChI is InChI=1S/C26H23FN4OS/c27-22-13-11-19(12-14-22)23-25(33-29-28-23)26(32)31-17-15-30(16-18-31)24(20-7-3-1-4-8-20)21-9-5-2-6-10-21/h1-14,24H,15-18H2. The zero-order chi connectivity index (χ0) is 22.6. The van der Waals surface area contributed by atoms with Crippen molar-refractivity contribution in [2.45, 2.75) is 6.04 Å². The second kappa shape index (κ2) is 9.60. The van der Waals surface area contributed by atoms with Crippen molar-refractivity contribution >= 4 is 17.4 Å². The van der Waals surface area contributed by atoms with Gasteiger partial charge in [0.1, 0.15) is 16.4 Å². The van der Waals surface area contributed by atoms with Crippen LogP contribution in [0.2, 0.25) is 0 Å². The van der Waals surface area contributed by atoms with Gasteiger partial charge in [0.05, 0.1) is 6.04 Å². The Hall–Kier alpha value is -3.42. The summed E-state index contributed by atoms with van der Waals surface area (Å²) < 4.78 is 17.3. The van der Waals surface area contributed by atoms with E-state index >= 15 is 0 Å². The molecule has 0 saturated carbocycles. The quantitative estimate of drug-likeness (QED) is 0.427.